The molecule has 30 heavy (non-hydrogen) atoms. The highest BCUT2D eigenvalue weighted by atomic mass is 16.5. The number of hydrogen-bond donors (Lipinski definition) is 1. The van der Waals surface area contributed by atoms with Crippen LogP contribution in [-0.4, -0.2) is 68.3 Å². The summed E-state index contributed by atoms with van der Waals surface area (Å²) in [6.07, 6.45) is 0.226. The van der Waals surface area contributed by atoms with E-state index in [1.165, 1.54) is 11.1 Å². The van der Waals surface area contributed by atoms with Gasteiger partial charge in [0.1, 0.15) is 5.75 Å². The van der Waals surface area contributed by atoms with Crippen molar-refractivity contribution in [2.24, 2.45) is 4.99 Å². The number of fused-ring (bicyclic) bond motifs is 1. The van der Waals surface area contributed by atoms with Gasteiger partial charge in [-0.15, -0.1) is 0 Å². The van der Waals surface area contributed by atoms with Gasteiger partial charge in [0.05, 0.1) is 25.9 Å². The number of ether oxygens (including phenoxy) is 2. The Morgan fingerprint density at radius 1 is 1.17 bits per heavy atom. The van der Waals surface area contributed by atoms with Gasteiger partial charge in [-0.2, -0.15) is 0 Å². The molecule has 1 N–H and O–H groups in total. The molecule has 0 spiro atoms. The van der Waals surface area contributed by atoms with Crippen LogP contribution in [0.4, 0.5) is 0 Å². The summed E-state index contributed by atoms with van der Waals surface area (Å²) in [6.45, 7) is 7.34. The molecule has 0 bridgehead atoms. The number of aryl methyl sites for hydroxylation is 1. The van der Waals surface area contributed by atoms with Gasteiger partial charge in [0, 0.05) is 39.8 Å². The first-order valence-corrected chi connectivity index (χ1v) is 10.7. The average Bonchev–Trinajstić information content (AvgIpc) is 3.20. The maximum atomic E-state index is 6.12. The Hall–Kier alpha value is -2.57. The summed E-state index contributed by atoms with van der Waals surface area (Å²) < 4.78 is 11.5. The molecule has 0 aromatic heterocycles. The number of hydrogen-bond acceptors (Lipinski definition) is 4. The van der Waals surface area contributed by atoms with Crippen molar-refractivity contribution in [2.75, 3.05) is 40.4 Å². The van der Waals surface area contributed by atoms with E-state index in [0.717, 1.165) is 56.6 Å². The molecule has 0 aliphatic carbocycles. The van der Waals surface area contributed by atoms with Gasteiger partial charge in [-0.25, -0.2) is 0 Å². The van der Waals surface area contributed by atoms with Crippen molar-refractivity contribution in [1.82, 2.24) is 15.1 Å². The normalized spacial score (nSPS) is 22.1. The summed E-state index contributed by atoms with van der Waals surface area (Å²) in [6, 6.07) is 17.4. The van der Waals surface area contributed by atoms with Crippen LogP contribution in [0.15, 0.2) is 53.5 Å². The summed E-state index contributed by atoms with van der Waals surface area (Å²) in [7, 11) is 3.56. The average molecular weight is 409 g/mol. The van der Waals surface area contributed by atoms with Crippen LogP contribution in [-0.2, 0) is 17.8 Å². The zero-order chi connectivity index (χ0) is 20.9. The van der Waals surface area contributed by atoms with Crippen LogP contribution in [0.3, 0.4) is 0 Å². The molecule has 6 heteroatoms. The second-order valence-electron chi connectivity index (χ2n) is 8.04. The molecular weight excluding hydrogens is 376 g/mol. The molecule has 2 atom stereocenters. The van der Waals surface area contributed by atoms with Crippen molar-refractivity contribution in [3.8, 4) is 5.75 Å². The number of rotatable bonds is 5. The maximum Gasteiger partial charge on any atom is 0.194 e. The zero-order valence-electron chi connectivity index (χ0n) is 18.2. The molecule has 2 aromatic carbocycles. The Morgan fingerprint density at radius 2 is 2.00 bits per heavy atom. The molecule has 2 aromatic rings. The van der Waals surface area contributed by atoms with Crippen LogP contribution in [0.25, 0.3) is 0 Å². The number of benzene rings is 2. The largest absolute Gasteiger partial charge is 0.496 e. The quantitative estimate of drug-likeness (QED) is 0.609. The first kappa shape index (κ1) is 20.7. The minimum absolute atomic E-state index is 0.226. The lowest BCUT2D eigenvalue weighted by molar-refractivity contribution is -0.0502. The molecule has 0 radical (unpaired) electrons. The number of morpholine rings is 1. The lowest BCUT2D eigenvalue weighted by Crippen LogP contribution is -2.50. The molecule has 2 fully saturated rings. The van der Waals surface area contributed by atoms with Gasteiger partial charge in [0.15, 0.2) is 5.96 Å². The molecule has 2 heterocycles. The number of guanidine groups is 1. The van der Waals surface area contributed by atoms with Crippen LogP contribution in [0.1, 0.15) is 16.7 Å². The van der Waals surface area contributed by atoms with Crippen LogP contribution in [0, 0.1) is 6.92 Å². The maximum absolute atomic E-state index is 6.12. The molecule has 2 aliphatic heterocycles. The van der Waals surface area contributed by atoms with E-state index < -0.39 is 0 Å². The van der Waals surface area contributed by atoms with Gasteiger partial charge in [-0.1, -0.05) is 42.5 Å². The number of likely N-dealkylation sites (tertiary alicyclic amines) is 1. The van der Waals surface area contributed by atoms with Crippen LogP contribution in [0.2, 0.25) is 0 Å². The second kappa shape index (κ2) is 9.49. The third-order valence-corrected chi connectivity index (χ3v) is 6.07. The molecule has 4 rings (SSSR count). The third-order valence-electron chi connectivity index (χ3n) is 6.07. The second-order valence-corrected chi connectivity index (χ2v) is 8.04. The Bertz CT molecular complexity index is 871. The van der Waals surface area contributed by atoms with Crippen LogP contribution < -0.4 is 10.1 Å². The smallest absolute Gasteiger partial charge is 0.194 e. The highest BCUT2D eigenvalue weighted by Gasteiger charge is 2.41. The van der Waals surface area contributed by atoms with Gasteiger partial charge >= 0.3 is 0 Å². The van der Waals surface area contributed by atoms with Crippen LogP contribution in [0.5, 0.6) is 5.75 Å². The first-order chi connectivity index (χ1) is 14.7. The summed E-state index contributed by atoms with van der Waals surface area (Å²) in [5.74, 6) is 1.85. The molecule has 2 unspecified atom stereocenters. The summed E-state index contributed by atoms with van der Waals surface area (Å²) in [5.41, 5.74) is 3.71. The van der Waals surface area contributed by atoms with E-state index in [4.69, 9.17) is 9.47 Å². The predicted molar refractivity (Wildman–Crippen MR) is 120 cm³/mol. The van der Waals surface area contributed by atoms with Gasteiger partial charge < -0.3 is 19.7 Å². The van der Waals surface area contributed by atoms with Crippen LogP contribution >= 0.6 is 0 Å². The SMILES string of the molecule is CN=C(NCc1ccc(OC)c(C)c1)N1CC2OCCN(Cc3ccccc3)C2C1. The first-order valence-electron chi connectivity index (χ1n) is 10.7. The predicted octanol–water partition coefficient (Wildman–Crippen LogP) is 2.66. The summed E-state index contributed by atoms with van der Waals surface area (Å²) in [4.78, 5) is 9.43. The standard InChI is InChI=1S/C24H32N4O2/c1-18-13-20(9-10-22(18)29-3)14-26-24(25-2)28-16-21-23(17-28)30-12-11-27(21)15-19-7-5-4-6-8-19/h4-10,13,21,23H,11-12,14-17H2,1-3H3,(H,25,26). The van der Waals surface area contributed by atoms with E-state index in [1.54, 1.807) is 7.11 Å². The lowest BCUT2D eigenvalue weighted by atomic mass is 10.1. The minimum atomic E-state index is 0.226. The highest BCUT2D eigenvalue weighted by molar-refractivity contribution is 5.80. The Kier molecular flexibility index (Phi) is 6.55. The number of aliphatic imine (C=N–C) groups is 1. The van der Waals surface area contributed by atoms with Crippen molar-refractivity contribution in [3.63, 3.8) is 0 Å². The summed E-state index contributed by atoms with van der Waals surface area (Å²) in [5, 5.41) is 3.53. The van der Waals surface area contributed by atoms with E-state index in [2.05, 4.69) is 69.5 Å². The molecular formula is C24H32N4O2. The monoisotopic (exact) mass is 408 g/mol. The Morgan fingerprint density at radius 3 is 2.73 bits per heavy atom. The van der Waals surface area contributed by atoms with Crippen molar-refractivity contribution in [2.45, 2.75) is 32.2 Å². The van der Waals surface area contributed by atoms with E-state index in [0.29, 0.717) is 6.04 Å². The van der Waals surface area contributed by atoms with E-state index in [-0.39, 0.29) is 6.10 Å². The number of nitrogens with zero attached hydrogens (tertiary/aromatic N) is 3. The number of nitrogens with one attached hydrogen (secondary N) is 1. The van der Waals surface area contributed by atoms with E-state index in [9.17, 15) is 0 Å². The number of methoxy groups -OCH3 is 1. The van der Waals surface area contributed by atoms with E-state index in [1.807, 2.05) is 13.1 Å². The lowest BCUT2D eigenvalue weighted by Gasteiger charge is -2.36. The van der Waals surface area contributed by atoms with Gasteiger partial charge in [-0.05, 0) is 29.7 Å². The van der Waals surface area contributed by atoms with Crippen molar-refractivity contribution >= 4 is 5.96 Å². The van der Waals surface area contributed by atoms with Crippen molar-refractivity contribution in [3.05, 3.63) is 65.2 Å². The molecule has 160 valence electrons. The van der Waals surface area contributed by atoms with E-state index >= 15 is 0 Å². The summed E-state index contributed by atoms with van der Waals surface area (Å²) >= 11 is 0. The minimum Gasteiger partial charge on any atom is -0.496 e. The molecule has 6 nitrogen and oxygen atoms in total. The van der Waals surface area contributed by atoms with Crippen molar-refractivity contribution < 1.29 is 9.47 Å². The fourth-order valence-electron chi connectivity index (χ4n) is 4.51. The highest BCUT2D eigenvalue weighted by Crippen LogP contribution is 2.25. The third kappa shape index (κ3) is 4.60. The van der Waals surface area contributed by atoms with Gasteiger partial charge in [0.25, 0.3) is 0 Å². The molecule has 0 amide bonds. The fraction of sp³-hybridized carbons (Fsp3) is 0.458. The molecule has 2 aliphatic rings. The van der Waals surface area contributed by atoms with Gasteiger partial charge in [-0.3, -0.25) is 9.89 Å². The van der Waals surface area contributed by atoms with Crippen molar-refractivity contribution in [1.29, 1.82) is 0 Å². The Balaban J connectivity index is 1.38. The topological polar surface area (TPSA) is 49.3 Å². The fourth-order valence-corrected chi connectivity index (χ4v) is 4.51. The Labute approximate surface area is 179 Å². The molecule has 2 saturated heterocycles. The molecule has 0 saturated carbocycles. The van der Waals surface area contributed by atoms with Gasteiger partial charge in [0.2, 0.25) is 0 Å². The zero-order valence-corrected chi connectivity index (χ0v) is 18.2.